The zero-order chi connectivity index (χ0) is 18.0. The van der Waals surface area contributed by atoms with Gasteiger partial charge in [-0.1, -0.05) is 18.2 Å². The Morgan fingerprint density at radius 2 is 2.12 bits per heavy atom. The van der Waals surface area contributed by atoms with Crippen LogP contribution in [0.5, 0.6) is 0 Å². The predicted octanol–water partition coefficient (Wildman–Crippen LogP) is 4.23. The zero-order valence-corrected chi connectivity index (χ0v) is 15.8. The zero-order valence-electron chi connectivity index (χ0n) is 15.8. The standard InChI is InChI=1S/C21H30N2O2/c1-15(2)23-14-16(18-7-5-6-8-19(18)23)9-10-20(24)22-17-11-12-25-21(3,4)13-17/h5-8,14-15,17H,9-13H2,1-4H3,(H,22,24)/t17-/m0/s1. The second-order valence-electron chi connectivity index (χ2n) is 8.04. The number of carbonyl (C=O) groups is 1. The largest absolute Gasteiger partial charge is 0.375 e. The van der Waals surface area contributed by atoms with Crippen molar-refractivity contribution < 1.29 is 9.53 Å². The first-order valence-electron chi connectivity index (χ1n) is 9.37. The van der Waals surface area contributed by atoms with Gasteiger partial charge in [-0.05, 0) is 58.6 Å². The van der Waals surface area contributed by atoms with Gasteiger partial charge >= 0.3 is 0 Å². The maximum Gasteiger partial charge on any atom is 0.220 e. The van der Waals surface area contributed by atoms with Crippen molar-refractivity contribution in [1.29, 1.82) is 0 Å². The normalized spacial score (nSPS) is 20.1. The Morgan fingerprint density at radius 1 is 1.36 bits per heavy atom. The molecule has 1 N–H and O–H groups in total. The van der Waals surface area contributed by atoms with E-state index in [4.69, 9.17) is 4.74 Å². The fourth-order valence-electron chi connectivity index (χ4n) is 3.81. The summed E-state index contributed by atoms with van der Waals surface area (Å²) in [4.78, 5) is 12.4. The Labute approximate surface area is 150 Å². The topological polar surface area (TPSA) is 43.3 Å². The Bertz CT molecular complexity index is 745. The summed E-state index contributed by atoms with van der Waals surface area (Å²) in [5.41, 5.74) is 2.37. The molecule has 1 amide bonds. The first-order chi connectivity index (χ1) is 11.9. The molecule has 1 fully saturated rings. The molecule has 1 saturated heterocycles. The van der Waals surface area contributed by atoms with E-state index in [0.29, 0.717) is 12.5 Å². The average molecular weight is 342 g/mol. The SMILES string of the molecule is CC(C)n1cc(CCC(=O)N[C@H]2CCOC(C)(C)C2)c2ccccc21. The van der Waals surface area contributed by atoms with Crippen LogP contribution in [0.3, 0.4) is 0 Å². The lowest BCUT2D eigenvalue weighted by Gasteiger charge is -2.35. The molecule has 4 nitrogen and oxygen atoms in total. The number of aromatic nitrogens is 1. The fourth-order valence-corrected chi connectivity index (χ4v) is 3.81. The number of carbonyl (C=O) groups excluding carboxylic acids is 1. The van der Waals surface area contributed by atoms with Crippen molar-refractivity contribution in [3.05, 3.63) is 36.0 Å². The van der Waals surface area contributed by atoms with E-state index in [9.17, 15) is 4.79 Å². The minimum atomic E-state index is -0.138. The van der Waals surface area contributed by atoms with E-state index in [-0.39, 0.29) is 17.6 Å². The highest BCUT2D eigenvalue weighted by Gasteiger charge is 2.29. The van der Waals surface area contributed by atoms with Crippen LogP contribution in [0.1, 0.15) is 58.6 Å². The number of benzene rings is 1. The second kappa shape index (κ2) is 7.20. The molecule has 0 radical (unpaired) electrons. The molecule has 1 aromatic carbocycles. The summed E-state index contributed by atoms with van der Waals surface area (Å²) in [7, 11) is 0. The van der Waals surface area contributed by atoms with Crippen molar-refractivity contribution in [2.24, 2.45) is 0 Å². The minimum Gasteiger partial charge on any atom is -0.375 e. The van der Waals surface area contributed by atoms with E-state index in [1.165, 1.54) is 16.5 Å². The molecular formula is C21H30N2O2. The van der Waals surface area contributed by atoms with Crippen LogP contribution in [0.25, 0.3) is 10.9 Å². The van der Waals surface area contributed by atoms with Crippen LogP contribution in [0.15, 0.2) is 30.5 Å². The number of para-hydroxylation sites is 1. The number of rotatable bonds is 5. The van der Waals surface area contributed by atoms with Gasteiger partial charge in [0.05, 0.1) is 5.60 Å². The van der Waals surface area contributed by atoms with Gasteiger partial charge in [0.2, 0.25) is 5.91 Å². The summed E-state index contributed by atoms with van der Waals surface area (Å²) in [6, 6.07) is 9.10. The van der Waals surface area contributed by atoms with Crippen LogP contribution in [0.4, 0.5) is 0 Å². The lowest BCUT2D eigenvalue weighted by molar-refractivity contribution is -0.124. The van der Waals surface area contributed by atoms with E-state index < -0.39 is 0 Å². The molecule has 136 valence electrons. The summed E-state index contributed by atoms with van der Waals surface area (Å²) in [5, 5.41) is 4.46. The minimum absolute atomic E-state index is 0.138. The summed E-state index contributed by atoms with van der Waals surface area (Å²) in [6.07, 6.45) is 5.30. The Hall–Kier alpha value is -1.81. The highest BCUT2D eigenvalue weighted by Crippen LogP contribution is 2.26. The molecule has 0 bridgehead atoms. The van der Waals surface area contributed by atoms with Crippen molar-refractivity contribution >= 4 is 16.8 Å². The number of fused-ring (bicyclic) bond motifs is 1. The molecule has 1 aliphatic heterocycles. The van der Waals surface area contributed by atoms with E-state index >= 15 is 0 Å². The van der Waals surface area contributed by atoms with E-state index in [1.807, 2.05) is 0 Å². The number of ether oxygens (including phenoxy) is 1. The average Bonchev–Trinajstić information content (AvgIpc) is 2.91. The molecule has 1 aromatic heterocycles. The number of hydrogen-bond donors (Lipinski definition) is 1. The van der Waals surface area contributed by atoms with Crippen LogP contribution >= 0.6 is 0 Å². The first-order valence-corrected chi connectivity index (χ1v) is 9.37. The predicted molar refractivity (Wildman–Crippen MR) is 102 cm³/mol. The smallest absolute Gasteiger partial charge is 0.220 e. The summed E-state index contributed by atoms with van der Waals surface area (Å²) in [6.45, 7) is 9.28. The molecule has 1 atom stereocenters. The van der Waals surface area contributed by atoms with Crippen LogP contribution < -0.4 is 5.32 Å². The Kier molecular flexibility index (Phi) is 5.19. The lowest BCUT2D eigenvalue weighted by atomic mass is 9.94. The third-order valence-electron chi connectivity index (χ3n) is 5.06. The molecule has 0 unspecified atom stereocenters. The van der Waals surface area contributed by atoms with Crippen molar-refractivity contribution in [3.8, 4) is 0 Å². The van der Waals surface area contributed by atoms with Crippen molar-refractivity contribution in [1.82, 2.24) is 9.88 Å². The highest BCUT2D eigenvalue weighted by molar-refractivity contribution is 5.85. The molecule has 4 heteroatoms. The number of hydrogen-bond acceptors (Lipinski definition) is 2. The maximum absolute atomic E-state index is 12.4. The van der Waals surface area contributed by atoms with Gasteiger partial charge in [0, 0.05) is 42.2 Å². The van der Waals surface area contributed by atoms with Gasteiger partial charge in [-0.25, -0.2) is 0 Å². The van der Waals surface area contributed by atoms with Crippen LogP contribution in [-0.4, -0.2) is 28.7 Å². The number of aryl methyl sites for hydroxylation is 1. The summed E-state index contributed by atoms with van der Waals surface area (Å²) < 4.78 is 8.02. The molecule has 1 aliphatic rings. The van der Waals surface area contributed by atoms with E-state index in [2.05, 4.69) is 68.0 Å². The summed E-state index contributed by atoms with van der Waals surface area (Å²) in [5.74, 6) is 0.143. The van der Waals surface area contributed by atoms with Gasteiger partial charge in [0.1, 0.15) is 0 Å². The van der Waals surface area contributed by atoms with Gasteiger partial charge in [0.15, 0.2) is 0 Å². The maximum atomic E-state index is 12.4. The third kappa shape index (κ3) is 4.24. The van der Waals surface area contributed by atoms with Crippen LogP contribution in [0, 0.1) is 0 Å². The van der Waals surface area contributed by atoms with Crippen molar-refractivity contribution in [2.75, 3.05) is 6.61 Å². The highest BCUT2D eigenvalue weighted by atomic mass is 16.5. The molecule has 2 heterocycles. The Balaban J connectivity index is 1.64. The van der Waals surface area contributed by atoms with Gasteiger partial charge in [-0.2, -0.15) is 0 Å². The van der Waals surface area contributed by atoms with E-state index in [0.717, 1.165) is 25.9 Å². The van der Waals surface area contributed by atoms with Crippen molar-refractivity contribution in [2.45, 2.75) is 71.1 Å². The lowest BCUT2D eigenvalue weighted by Crippen LogP contribution is -2.45. The van der Waals surface area contributed by atoms with Gasteiger partial charge in [0.25, 0.3) is 0 Å². The quantitative estimate of drug-likeness (QED) is 0.884. The van der Waals surface area contributed by atoms with Gasteiger partial charge in [-0.3, -0.25) is 4.79 Å². The second-order valence-corrected chi connectivity index (χ2v) is 8.04. The molecule has 25 heavy (non-hydrogen) atoms. The molecular weight excluding hydrogens is 312 g/mol. The van der Waals surface area contributed by atoms with Crippen LogP contribution in [-0.2, 0) is 16.0 Å². The third-order valence-corrected chi connectivity index (χ3v) is 5.06. The molecule has 2 aromatic rings. The fraction of sp³-hybridized carbons (Fsp3) is 0.571. The summed E-state index contributed by atoms with van der Waals surface area (Å²) >= 11 is 0. The molecule has 0 saturated carbocycles. The number of amides is 1. The molecule has 3 rings (SSSR count). The van der Waals surface area contributed by atoms with Gasteiger partial charge in [-0.15, -0.1) is 0 Å². The molecule has 0 aliphatic carbocycles. The van der Waals surface area contributed by atoms with Crippen LogP contribution in [0.2, 0.25) is 0 Å². The molecule has 0 spiro atoms. The Morgan fingerprint density at radius 3 is 2.84 bits per heavy atom. The van der Waals surface area contributed by atoms with E-state index in [1.54, 1.807) is 0 Å². The number of nitrogens with one attached hydrogen (secondary N) is 1. The number of nitrogens with zero attached hydrogens (tertiary/aromatic N) is 1. The monoisotopic (exact) mass is 342 g/mol. The van der Waals surface area contributed by atoms with Gasteiger partial charge < -0.3 is 14.6 Å². The first kappa shape index (κ1) is 18.0. The van der Waals surface area contributed by atoms with Crippen molar-refractivity contribution in [3.63, 3.8) is 0 Å².